The van der Waals surface area contributed by atoms with Gasteiger partial charge >= 0.3 is 0 Å². The van der Waals surface area contributed by atoms with Gasteiger partial charge in [-0.2, -0.15) is 0 Å². The molecule has 2 aromatic carbocycles. The van der Waals surface area contributed by atoms with E-state index < -0.39 is 18.0 Å². The summed E-state index contributed by atoms with van der Waals surface area (Å²) in [5, 5.41) is 15.1. The lowest BCUT2D eigenvalue weighted by atomic mass is 9.96. The Morgan fingerprint density at radius 1 is 1.00 bits per heavy atom. The molecule has 2 rings (SSSR count). The topological polar surface area (TPSA) is 130 Å². The van der Waals surface area contributed by atoms with E-state index >= 15 is 0 Å². The predicted octanol–water partition coefficient (Wildman–Crippen LogP) is 1.07. The van der Waals surface area contributed by atoms with Crippen LogP contribution in [-0.2, 0) is 22.4 Å². The summed E-state index contributed by atoms with van der Waals surface area (Å²) < 4.78 is 0. The van der Waals surface area contributed by atoms with Gasteiger partial charge in [0.2, 0.25) is 11.8 Å². The van der Waals surface area contributed by atoms with E-state index in [0.29, 0.717) is 19.4 Å². The third kappa shape index (κ3) is 6.86. The Morgan fingerprint density at radius 3 is 2.20 bits per heavy atom. The normalized spacial score (nSPS) is 13.9. The van der Waals surface area contributed by atoms with Crippen LogP contribution in [0, 0.1) is 13.8 Å². The highest BCUT2D eigenvalue weighted by atomic mass is 16.3. The molecule has 2 aromatic rings. The number of amides is 2. The average Bonchev–Trinajstić information content (AvgIpc) is 2.69. The Kier molecular flexibility index (Phi) is 8.38. The predicted molar refractivity (Wildman–Crippen MR) is 118 cm³/mol. The first kappa shape index (κ1) is 23.4. The number of hydrogen-bond donors (Lipinski definition) is 5. The van der Waals surface area contributed by atoms with Gasteiger partial charge in [-0.05, 0) is 68.0 Å². The third-order valence-corrected chi connectivity index (χ3v) is 5.07. The van der Waals surface area contributed by atoms with E-state index in [1.807, 2.05) is 44.2 Å². The van der Waals surface area contributed by atoms with E-state index in [4.69, 9.17) is 11.5 Å². The highest BCUT2D eigenvalue weighted by molar-refractivity contribution is 5.89. The van der Waals surface area contributed by atoms with Crippen LogP contribution in [0.25, 0.3) is 0 Å². The molecule has 30 heavy (non-hydrogen) atoms. The zero-order valence-electron chi connectivity index (χ0n) is 17.8. The molecule has 0 fully saturated rings. The highest BCUT2D eigenvalue weighted by Gasteiger charge is 2.22. The third-order valence-electron chi connectivity index (χ3n) is 5.07. The van der Waals surface area contributed by atoms with Gasteiger partial charge in [-0.25, -0.2) is 0 Å². The molecule has 0 bridgehead atoms. The van der Waals surface area contributed by atoms with E-state index in [1.54, 1.807) is 19.1 Å². The monoisotopic (exact) mass is 412 g/mol. The van der Waals surface area contributed by atoms with Gasteiger partial charge in [0.1, 0.15) is 11.8 Å². The number of aryl methyl sites for hydroxylation is 2. The van der Waals surface area contributed by atoms with Gasteiger partial charge in [0, 0.05) is 12.6 Å². The van der Waals surface area contributed by atoms with Crippen LogP contribution >= 0.6 is 0 Å². The van der Waals surface area contributed by atoms with Crippen molar-refractivity contribution in [3.63, 3.8) is 0 Å². The van der Waals surface area contributed by atoms with Crippen molar-refractivity contribution >= 4 is 11.8 Å². The highest BCUT2D eigenvalue weighted by Crippen LogP contribution is 2.21. The van der Waals surface area contributed by atoms with Crippen molar-refractivity contribution in [3.8, 4) is 5.75 Å². The number of benzene rings is 2. The minimum atomic E-state index is -0.803. The fourth-order valence-electron chi connectivity index (χ4n) is 3.36. The number of nitrogens with one attached hydrogen (secondary N) is 2. The lowest BCUT2D eigenvalue weighted by Crippen LogP contribution is -2.52. The Bertz CT molecular complexity index is 847. The molecule has 0 aliphatic heterocycles. The van der Waals surface area contributed by atoms with Gasteiger partial charge < -0.3 is 27.2 Å². The second kappa shape index (κ2) is 10.8. The molecule has 3 atom stereocenters. The van der Waals surface area contributed by atoms with E-state index in [0.717, 1.165) is 22.3 Å². The van der Waals surface area contributed by atoms with Crippen LogP contribution in [-0.4, -0.2) is 41.6 Å². The van der Waals surface area contributed by atoms with E-state index in [9.17, 15) is 14.7 Å². The smallest absolute Gasteiger partial charge is 0.242 e. The molecule has 0 spiro atoms. The number of nitrogens with two attached hydrogens (primary N) is 2. The first-order valence-corrected chi connectivity index (χ1v) is 10.1. The molecule has 7 N–H and O–H groups in total. The SMILES string of the molecule is Cc1cc(O)cc(C)c1C[C@H](N)C(=O)N[C@H](C)C(=O)NC[C@@H](N)Cc1ccccc1. The van der Waals surface area contributed by atoms with Crippen LogP contribution in [0.15, 0.2) is 42.5 Å². The lowest BCUT2D eigenvalue weighted by Gasteiger charge is -2.20. The number of carbonyl (C=O) groups excluding carboxylic acids is 2. The summed E-state index contributed by atoms with van der Waals surface area (Å²) in [7, 11) is 0. The minimum Gasteiger partial charge on any atom is -0.508 e. The summed E-state index contributed by atoms with van der Waals surface area (Å²) in [4.78, 5) is 24.8. The minimum absolute atomic E-state index is 0.183. The van der Waals surface area contributed by atoms with Crippen molar-refractivity contribution < 1.29 is 14.7 Å². The molecular weight excluding hydrogens is 380 g/mol. The Morgan fingerprint density at radius 2 is 1.60 bits per heavy atom. The number of aromatic hydroxyl groups is 1. The summed E-state index contributed by atoms with van der Waals surface area (Å²) in [5.41, 5.74) is 15.9. The van der Waals surface area contributed by atoms with Crippen LogP contribution in [0.4, 0.5) is 0 Å². The van der Waals surface area contributed by atoms with Gasteiger partial charge in [0.25, 0.3) is 0 Å². The van der Waals surface area contributed by atoms with Crippen molar-refractivity contribution in [2.45, 2.75) is 51.7 Å². The summed E-state index contributed by atoms with van der Waals surface area (Å²) in [5.74, 6) is -0.531. The van der Waals surface area contributed by atoms with Crippen LogP contribution in [0.5, 0.6) is 5.75 Å². The molecule has 0 radical (unpaired) electrons. The summed E-state index contributed by atoms with van der Waals surface area (Å²) in [6, 6.07) is 11.3. The number of phenolic OH excluding ortho intramolecular Hbond substituents is 1. The van der Waals surface area contributed by atoms with E-state index in [1.165, 1.54) is 0 Å². The maximum atomic E-state index is 12.4. The fraction of sp³-hybridized carbons (Fsp3) is 0.391. The first-order chi connectivity index (χ1) is 14.2. The van der Waals surface area contributed by atoms with Gasteiger partial charge in [-0.1, -0.05) is 30.3 Å². The van der Waals surface area contributed by atoms with Crippen molar-refractivity contribution in [1.29, 1.82) is 0 Å². The Hall–Kier alpha value is -2.90. The van der Waals surface area contributed by atoms with Gasteiger partial charge in [-0.15, -0.1) is 0 Å². The van der Waals surface area contributed by atoms with Crippen molar-refractivity contribution in [3.05, 3.63) is 64.7 Å². The molecule has 0 saturated carbocycles. The summed E-state index contributed by atoms with van der Waals surface area (Å²) in [6.07, 6.45) is 0.970. The van der Waals surface area contributed by atoms with Gasteiger partial charge in [-0.3, -0.25) is 9.59 Å². The maximum absolute atomic E-state index is 12.4. The van der Waals surface area contributed by atoms with E-state index in [2.05, 4.69) is 10.6 Å². The lowest BCUT2D eigenvalue weighted by molar-refractivity contribution is -0.129. The molecule has 162 valence electrons. The van der Waals surface area contributed by atoms with Crippen LogP contribution in [0.2, 0.25) is 0 Å². The molecule has 7 heteroatoms. The molecule has 0 saturated heterocycles. The van der Waals surface area contributed by atoms with E-state index in [-0.39, 0.29) is 17.7 Å². The average molecular weight is 413 g/mol. The van der Waals surface area contributed by atoms with Crippen LogP contribution in [0.1, 0.15) is 29.2 Å². The molecule has 0 heterocycles. The van der Waals surface area contributed by atoms with Gasteiger partial charge in [0.05, 0.1) is 6.04 Å². The number of phenols is 1. The fourth-order valence-corrected chi connectivity index (χ4v) is 3.36. The van der Waals surface area contributed by atoms with Crippen LogP contribution < -0.4 is 22.1 Å². The Balaban J connectivity index is 1.82. The standard InChI is InChI=1S/C23H32N4O3/c1-14-9-19(28)10-15(2)20(14)12-21(25)23(30)27-16(3)22(29)26-13-18(24)11-17-7-5-4-6-8-17/h4-10,16,18,21,28H,11-13,24-25H2,1-3H3,(H,26,29)(H,27,30)/t16-,18+,21+/m1/s1. The molecule has 2 amide bonds. The largest absolute Gasteiger partial charge is 0.508 e. The second-order valence-corrected chi connectivity index (χ2v) is 7.79. The number of rotatable bonds is 9. The zero-order chi connectivity index (χ0) is 22.3. The van der Waals surface area contributed by atoms with Crippen molar-refractivity contribution in [1.82, 2.24) is 10.6 Å². The molecule has 0 unspecified atom stereocenters. The Labute approximate surface area is 177 Å². The van der Waals surface area contributed by atoms with Crippen LogP contribution in [0.3, 0.4) is 0 Å². The van der Waals surface area contributed by atoms with Gasteiger partial charge in [0.15, 0.2) is 0 Å². The molecule has 0 aromatic heterocycles. The summed E-state index contributed by atoms with van der Waals surface area (Å²) >= 11 is 0. The molecule has 7 nitrogen and oxygen atoms in total. The molecule has 0 aliphatic rings. The molecule has 0 aliphatic carbocycles. The van der Waals surface area contributed by atoms with Crippen molar-refractivity contribution in [2.75, 3.05) is 6.54 Å². The zero-order valence-corrected chi connectivity index (χ0v) is 17.8. The first-order valence-electron chi connectivity index (χ1n) is 10.1. The quantitative estimate of drug-likeness (QED) is 0.421. The summed E-state index contributed by atoms with van der Waals surface area (Å²) in [6.45, 7) is 5.65. The second-order valence-electron chi connectivity index (χ2n) is 7.79. The number of hydrogen-bond acceptors (Lipinski definition) is 5. The van der Waals surface area contributed by atoms with Crippen molar-refractivity contribution in [2.24, 2.45) is 11.5 Å². The number of carbonyl (C=O) groups is 2. The molecular formula is C23H32N4O3. The maximum Gasteiger partial charge on any atom is 0.242 e.